The number of hydrogen-bond donors (Lipinski definition) is 0. The highest BCUT2D eigenvalue weighted by Gasteiger charge is 2.19. The lowest BCUT2D eigenvalue weighted by Gasteiger charge is -2.18. The molecule has 0 radical (unpaired) electrons. The summed E-state index contributed by atoms with van der Waals surface area (Å²) in [5.74, 6) is 0.330. The summed E-state index contributed by atoms with van der Waals surface area (Å²) >= 11 is 5.88. The van der Waals surface area contributed by atoms with Gasteiger partial charge in [0.15, 0.2) is 0 Å². The van der Waals surface area contributed by atoms with Gasteiger partial charge in [0, 0.05) is 13.1 Å². The topological polar surface area (TPSA) is 29.0 Å². The number of halogens is 2. The van der Waals surface area contributed by atoms with E-state index in [9.17, 15) is 4.39 Å². The molecule has 2 aromatic rings. The lowest BCUT2D eigenvalue weighted by molar-refractivity contribution is 0.638. The molecule has 0 saturated carbocycles. The molecular weight excluding hydrogens is 241 g/mol. The fourth-order valence-electron chi connectivity index (χ4n) is 2.25. The van der Waals surface area contributed by atoms with Gasteiger partial charge in [-0.15, -0.1) is 0 Å². The third kappa shape index (κ3) is 1.82. The highest BCUT2D eigenvalue weighted by molar-refractivity contribution is 6.28. The first-order valence-electron chi connectivity index (χ1n) is 5.62. The highest BCUT2D eigenvalue weighted by atomic mass is 35.5. The minimum absolute atomic E-state index is 0.171. The van der Waals surface area contributed by atoms with Crippen molar-refractivity contribution in [3.63, 3.8) is 0 Å². The van der Waals surface area contributed by atoms with Crippen molar-refractivity contribution >= 4 is 28.3 Å². The maximum Gasteiger partial charge on any atom is 0.224 e. The summed E-state index contributed by atoms with van der Waals surface area (Å²) < 4.78 is 13.9. The SMILES string of the molecule is Fc1cccc2nc(Cl)nc(N3CCCC3)c12. The Kier molecular flexibility index (Phi) is 2.59. The average Bonchev–Trinajstić information content (AvgIpc) is 2.81. The van der Waals surface area contributed by atoms with Gasteiger partial charge in [-0.3, -0.25) is 0 Å². The van der Waals surface area contributed by atoms with E-state index in [1.54, 1.807) is 12.1 Å². The summed E-state index contributed by atoms with van der Waals surface area (Å²) in [5.41, 5.74) is 0.562. The lowest BCUT2D eigenvalue weighted by Crippen LogP contribution is -2.20. The molecular formula is C12H11ClFN3. The molecule has 0 amide bonds. The summed E-state index contributed by atoms with van der Waals surface area (Å²) in [5, 5.41) is 0.642. The fourth-order valence-corrected chi connectivity index (χ4v) is 2.42. The van der Waals surface area contributed by atoms with E-state index >= 15 is 0 Å². The standard InChI is InChI=1S/C12H11ClFN3/c13-12-15-9-5-3-4-8(14)10(9)11(16-12)17-6-1-2-7-17/h3-5H,1-2,6-7H2. The van der Waals surface area contributed by atoms with Crippen molar-refractivity contribution in [2.45, 2.75) is 12.8 Å². The van der Waals surface area contributed by atoms with E-state index in [0.29, 0.717) is 16.7 Å². The molecule has 3 rings (SSSR count). The van der Waals surface area contributed by atoms with E-state index in [1.807, 2.05) is 0 Å². The number of rotatable bonds is 1. The van der Waals surface area contributed by atoms with Gasteiger partial charge in [0.1, 0.15) is 11.6 Å². The van der Waals surface area contributed by atoms with Crippen LogP contribution in [0.5, 0.6) is 0 Å². The predicted octanol–water partition coefficient (Wildman–Crippen LogP) is 3.02. The Balaban J connectivity index is 2.27. The minimum atomic E-state index is -0.291. The molecule has 0 aliphatic carbocycles. The number of hydrogen-bond acceptors (Lipinski definition) is 3. The Hall–Kier alpha value is -1.42. The molecule has 1 aromatic heterocycles. The summed E-state index contributed by atoms with van der Waals surface area (Å²) in [6, 6.07) is 4.82. The zero-order valence-electron chi connectivity index (χ0n) is 9.16. The predicted molar refractivity (Wildman–Crippen MR) is 66.0 cm³/mol. The Morgan fingerprint density at radius 2 is 1.94 bits per heavy atom. The summed E-state index contributed by atoms with van der Waals surface area (Å²) in [7, 11) is 0. The van der Waals surface area contributed by atoms with Crippen LogP contribution >= 0.6 is 11.6 Å². The van der Waals surface area contributed by atoms with E-state index < -0.39 is 0 Å². The Morgan fingerprint density at radius 1 is 1.18 bits per heavy atom. The molecule has 5 heteroatoms. The summed E-state index contributed by atoms with van der Waals surface area (Å²) in [6.07, 6.45) is 2.22. The Morgan fingerprint density at radius 3 is 2.71 bits per heavy atom. The molecule has 1 aromatic carbocycles. The molecule has 1 aliphatic heterocycles. The van der Waals surface area contributed by atoms with Crippen molar-refractivity contribution in [2.24, 2.45) is 0 Å². The number of nitrogens with zero attached hydrogens (tertiary/aromatic N) is 3. The second kappa shape index (κ2) is 4.11. The van der Waals surface area contributed by atoms with Gasteiger partial charge in [0.25, 0.3) is 0 Å². The molecule has 2 heterocycles. The second-order valence-electron chi connectivity index (χ2n) is 4.14. The van der Waals surface area contributed by atoms with E-state index in [0.717, 1.165) is 25.9 Å². The van der Waals surface area contributed by atoms with Crippen molar-refractivity contribution < 1.29 is 4.39 Å². The molecule has 1 aliphatic rings. The molecule has 0 unspecified atom stereocenters. The zero-order chi connectivity index (χ0) is 11.8. The monoisotopic (exact) mass is 251 g/mol. The van der Waals surface area contributed by atoms with Crippen molar-refractivity contribution in [1.82, 2.24) is 9.97 Å². The molecule has 0 N–H and O–H groups in total. The summed E-state index contributed by atoms with van der Waals surface area (Å²) in [6.45, 7) is 1.80. The van der Waals surface area contributed by atoms with Crippen LogP contribution in [-0.4, -0.2) is 23.1 Å². The van der Waals surface area contributed by atoms with Crippen LogP contribution in [0.1, 0.15) is 12.8 Å². The zero-order valence-corrected chi connectivity index (χ0v) is 9.91. The molecule has 17 heavy (non-hydrogen) atoms. The van der Waals surface area contributed by atoms with Gasteiger partial charge in [0.05, 0.1) is 10.9 Å². The van der Waals surface area contributed by atoms with Gasteiger partial charge in [-0.05, 0) is 36.6 Å². The van der Waals surface area contributed by atoms with Crippen LogP contribution in [0.25, 0.3) is 10.9 Å². The van der Waals surface area contributed by atoms with Gasteiger partial charge in [-0.1, -0.05) is 6.07 Å². The van der Waals surface area contributed by atoms with Crippen LogP contribution in [0.15, 0.2) is 18.2 Å². The third-order valence-corrected chi connectivity index (χ3v) is 3.20. The molecule has 1 saturated heterocycles. The van der Waals surface area contributed by atoms with Crippen molar-refractivity contribution in [2.75, 3.05) is 18.0 Å². The average molecular weight is 252 g/mol. The van der Waals surface area contributed by atoms with Crippen LogP contribution < -0.4 is 4.90 Å². The molecule has 0 spiro atoms. The second-order valence-corrected chi connectivity index (χ2v) is 4.48. The molecule has 0 atom stereocenters. The largest absolute Gasteiger partial charge is 0.356 e. The van der Waals surface area contributed by atoms with E-state index in [2.05, 4.69) is 14.9 Å². The van der Waals surface area contributed by atoms with E-state index in [1.165, 1.54) is 6.07 Å². The minimum Gasteiger partial charge on any atom is -0.356 e. The van der Waals surface area contributed by atoms with Gasteiger partial charge >= 0.3 is 0 Å². The van der Waals surface area contributed by atoms with Crippen molar-refractivity contribution in [3.05, 3.63) is 29.3 Å². The molecule has 0 bridgehead atoms. The van der Waals surface area contributed by atoms with Crippen LogP contribution in [0, 0.1) is 5.82 Å². The van der Waals surface area contributed by atoms with Crippen LogP contribution in [0.3, 0.4) is 0 Å². The van der Waals surface area contributed by atoms with Crippen LogP contribution in [0.4, 0.5) is 10.2 Å². The number of fused-ring (bicyclic) bond motifs is 1. The first-order valence-corrected chi connectivity index (χ1v) is 6.00. The quantitative estimate of drug-likeness (QED) is 0.730. The Bertz CT molecular complexity index is 567. The van der Waals surface area contributed by atoms with Gasteiger partial charge in [-0.2, -0.15) is 4.98 Å². The van der Waals surface area contributed by atoms with Crippen LogP contribution in [0.2, 0.25) is 5.28 Å². The smallest absolute Gasteiger partial charge is 0.224 e. The maximum absolute atomic E-state index is 13.9. The van der Waals surface area contributed by atoms with Crippen molar-refractivity contribution in [3.8, 4) is 0 Å². The molecule has 1 fully saturated rings. The maximum atomic E-state index is 13.9. The number of aromatic nitrogens is 2. The number of anilines is 1. The fraction of sp³-hybridized carbons (Fsp3) is 0.333. The Labute approximate surface area is 103 Å². The van der Waals surface area contributed by atoms with Crippen molar-refractivity contribution in [1.29, 1.82) is 0 Å². The first-order chi connectivity index (χ1) is 8.25. The number of benzene rings is 1. The summed E-state index contributed by atoms with van der Waals surface area (Å²) in [4.78, 5) is 10.3. The van der Waals surface area contributed by atoms with Gasteiger partial charge in [0.2, 0.25) is 5.28 Å². The van der Waals surface area contributed by atoms with Gasteiger partial charge < -0.3 is 4.90 Å². The molecule has 88 valence electrons. The molecule has 3 nitrogen and oxygen atoms in total. The van der Waals surface area contributed by atoms with Crippen LogP contribution in [-0.2, 0) is 0 Å². The lowest BCUT2D eigenvalue weighted by atomic mass is 10.2. The van der Waals surface area contributed by atoms with Gasteiger partial charge in [-0.25, -0.2) is 9.37 Å². The third-order valence-electron chi connectivity index (χ3n) is 3.03. The normalized spacial score (nSPS) is 15.8. The highest BCUT2D eigenvalue weighted by Crippen LogP contribution is 2.29. The first kappa shape index (κ1) is 10.7. The van der Waals surface area contributed by atoms with E-state index in [4.69, 9.17) is 11.6 Å². The van der Waals surface area contributed by atoms with E-state index in [-0.39, 0.29) is 11.1 Å².